The molecule has 1 aromatic heterocycles. The van der Waals surface area contributed by atoms with Crippen molar-refractivity contribution in [2.24, 2.45) is 0 Å². The normalized spacial score (nSPS) is 16.8. The number of carbonyl (C=O) groups excluding carboxylic acids is 1. The van der Waals surface area contributed by atoms with Crippen molar-refractivity contribution in [1.29, 1.82) is 0 Å². The highest BCUT2D eigenvalue weighted by molar-refractivity contribution is 7.89. The van der Waals surface area contributed by atoms with Gasteiger partial charge < -0.3 is 5.32 Å². The highest BCUT2D eigenvalue weighted by atomic mass is 32.2. The summed E-state index contributed by atoms with van der Waals surface area (Å²) in [7, 11) is -0.591. The molecule has 31 heavy (non-hydrogen) atoms. The highest BCUT2D eigenvalue weighted by Gasteiger charge is 2.30. The fraction of sp³-hybridized carbons (Fsp3) is 0.261. The molecule has 0 fully saturated rings. The lowest BCUT2D eigenvalue weighted by Gasteiger charge is -2.35. The molecular formula is C23H25N3O3S2. The molecule has 1 atom stereocenters. The molecule has 0 bridgehead atoms. The molecule has 0 radical (unpaired) electrons. The minimum atomic E-state index is -3.56. The molecule has 0 aliphatic carbocycles. The van der Waals surface area contributed by atoms with Crippen molar-refractivity contribution >= 4 is 33.0 Å². The van der Waals surface area contributed by atoms with Crippen LogP contribution in [0.2, 0.25) is 0 Å². The summed E-state index contributed by atoms with van der Waals surface area (Å²) in [4.78, 5) is 16.6. The van der Waals surface area contributed by atoms with E-state index in [9.17, 15) is 13.2 Å². The van der Waals surface area contributed by atoms with Crippen LogP contribution in [0, 0.1) is 0 Å². The van der Waals surface area contributed by atoms with E-state index < -0.39 is 10.0 Å². The Morgan fingerprint density at radius 3 is 2.65 bits per heavy atom. The molecule has 3 aromatic rings. The Balaban J connectivity index is 1.53. The van der Waals surface area contributed by atoms with E-state index in [1.165, 1.54) is 36.7 Å². The van der Waals surface area contributed by atoms with Gasteiger partial charge in [0, 0.05) is 31.2 Å². The molecular weight excluding hydrogens is 430 g/mol. The predicted octanol–water partition coefficient (Wildman–Crippen LogP) is 3.58. The first-order valence-corrected chi connectivity index (χ1v) is 12.4. The molecule has 2 aromatic carbocycles. The molecule has 2 heterocycles. The molecule has 6 nitrogen and oxygen atoms in total. The number of carbonyl (C=O) groups is 1. The average Bonchev–Trinajstić information content (AvgIpc) is 3.23. The van der Waals surface area contributed by atoms with E-state index in [2.05, 4.69) is 33.8 Å². The van der Waals surface area contributed by atoms with Crippen LogP contribution in [0.3, 0.4) is 0 Å². The SMILES string of the molecule is CN(C)S(=O)(=O)c1cccc(NC(=O)CN2CCc3sccc3[C@H]2c2ccccc2)c1. The van der Waals surface area contributed by atoms with Gasteiger partial charge in [-0.15, -0.1) is 11.3 Å². The smallest absolute Gasteiger partial charge is 0.242 e. The number of fused-ring (bicyclic) bond motifs is 1. The van der Waals surface area contributed by atoms with Gasteiger partial charge in [0.2, 0.25) is 15.9 Å². The Morgan fingerprint density at radius 2 is 1.90 bits per heavy atom. The maximum atomic E-state index is 12.9. The first kappa shape index (κ1) is 21.7. The van der Waals surface area contributed by atoms with Crippen molar-refractivity contribution in [3.63, 3.8) is 0 Å². The van der Waals surface area contributed by atoms with E-state index >= 15 is 0 Å². The average molecular weight is 456 g/mol. The standard InChI is InChI=1S/C23H25N3O3S2/c1-25(2)31(28,29)19-10-6-9-18(15-19)24-22(27)16-26-13-11-21-20(12-14-30-21)23(26)17-7-4-3-5-8-17/h3-10,12,14-15,23H,11,13,16H2,1-2H3,(H,24,27)/t23-/m1/s1. The number of sulfonamides is 1. The second-order valence-electron chi connectivity index (χ2n) is 7.70. The summed E-state index contributed by atoms with van der Waals surface area (Å²) in [5.74, 6) is -0.168. The van der Waals surface area contributed by atoms with Crippen LogP contribution in [0.15, 0.2) is 70.9 Å². The second kappa shape index (κ2) is 8.92. The summed E-state index contributed by atoms with van der Waals surface area (Å²) in [6.45, 7) is 1.01. The summed E-state index contributed by atoms with van der Waals surface area (Å²) in [5, 5.41) is 4.98. The molecule has 8 heteroatoms. The summed E-state index contributed by atoms with van der Waals surface area (Å²) < 4.78 is 25.9. The molecule has 162 valence electrons. The van der Waals surface area contributed by atoms with Crippen molar-refractivity contribution in [3.8, 4) is 0 Å². The maximum absolute atomic E-state index is 12.9. The lowest BCUT2D eigenvalue weighted by molar-refractivity contribution is -0.117. The topological polar surface area (TPSA) is 69.7 Å². The summed E-state index contributed by atoms with van der Waals surface area (Å²) in [5.41, 5.74) is 2.89. The number of thiophene rings is 1. The van der Waals surface area contributed by atoms with Gasteiger partial charge in [0.25, 0.3) is 0 Å². The number of anilines is 1. The van der Waals surface area contributed by atoms with E-state index in [-0.39, 0.29) is 23.4 Å². The first-order valence-electron chi connectivity index (χ1n) is 10.0. The summed E-state index contributed by atoms with van der Waals surface area (Å²) in [6.07, 6.45) is 0.917. The van der Waals surface area contributed by atoms with Gasteiger partial charge in [-0.2, -0.15) is 0 Å². The van der Waals surface area contributed by atoms with Gasteiger partial charge in [-0.1, -0.05) is 36.4 Å². The Hall–Kier alpha value is -2.52. The first-order chi connectivity index (χ1) is 14.9. The van der Waals surface area contributed by atoms with Gasteiger partial charge in [0.15, 0.2) is 0 Å². The molecule has 1 aliphatic rings. The van der Waals surface area contributed by atoms with Crippen LogP contribution < -0.4 is 5.32 Å². The molecule has 0 saturated heterocycles. The number of nitrogens with one attached hydrogen (secondary N) is 1. The zero-order chi connectivity index (χ0) is 22.0. The number of amides is 1. The lowest BCUT2D eigenvalue weighted by Crippen LogP contribution is -2.40. The van der Waals surface area contributed by atoms with Gasteiger partial charge in [0.05, 0.1) is 17.5 Å². The van der Waals surface area contributed by atoms with Crippen LogP contribution in [0.25, 0.3) is 0 Å². The van der Waals surface area contributed by atoms with Crippen LogP contribution in [-0.4, -0.2) is 50.7 Å². The van der Waals surface area contributed by atoms with Crippen molar-refractivity contribution < 1.29 is 13.2 Å². The van der Waals surface area contributed by atoms with Crippen molar-refractivity contribution in [2.45, 2.75) is 17.4 Å². The molecule has 0 unspecified atom stereocenters. The van der Waals surface area contributed by atoms with Crippen molar-refractivity contribution in [2.75, 3.05) is 32.5 Å². The molecule has 1 N–H and O–H groups in total. The van der Waals surface area contributed by atoms with Gasteiger partial charge in [-0.05, 0) is 47.2 Å². The number of nitrogens with zero attached hydrogens (tertiary/aromatic N) is 2. The third-order valence-corrected chi connectivity index (χ3v) is 8.23. The van der Waals surface area contributed by atoms with E-state index in [0.29, 0.717) is 5.69 Å². The fourth-order valence-corrected chi connectivity index (χ4v) is 5.75. The third-order valence-electron chi connectivity index (χ3n) is 5.42. The number of hydrogen-bond donors (Lipinski definition) is 1. The van der Waals surface area contributed by atoms with Gasteiger partial charge in [-0.3, -0.25) is 9.69 Å². The Kier molecular flexibility index (Phi) is 6.24. The molecule has 1 aliphatic heterocycles. The van der Waals surface area contributed by atoms with Crippen LogP contribution in [-0.2, 0) is 21.2 Å². The Labute approximate surface area is 187 Å². The fourth-order valence-electron chi connectivity index (χ4n) is 3.89. The van der Waals surface area contributed by atoms with Crippen LogP contribution in [0.5, 0.6) is 0 Å². The molecule has 0 saturated carbocycles. The second-order valence-corrected chi connectivity index (χ2v) is 10.8. The van der Waals surface area contributed by atoms with Crippen LogP contribution in [0.1, 0.15) is 22.0 Å². The van der Waals surface area contributed by atoms with E-state index in [4.69, 9.17) is 0 Å². The van der Waals surface area contributed by atoms with Crippen LogP contribution >= 0.6 is 11.3 Å². The summed E-state index contributed by atoms with van der Waals surface area (Å²) >= 11 is 1.77. The van der Waals surface area contributed by atoms with E-state index in [0.717, 1.165) is 22.8 Å². The highest BCUT2D eigenvalue weighted by Crippen LogP contribution is 2.37. The molecule has 0 spiro atoms. The van der Waals surface area contributed by atoms with Gasteiger partial charge >= 0.3 is 0 Å². The zero-order valence-corrected chi connectivity index (χ0v) is 19.1. The monoisotopic (exact) mass is 455 g/mol. The number of hydrogen-bond acceptors (Lipinski definition) is 5. The Bertz CT molecular complexity index is 1170. The zero-order valence-electron chi connectivity index (χ0n) is 17.5. The largest absolute Gasteiger partial charge is 0.325 e. The predicted molar refractivity (Wildman–Crippen MR) is 124 cm³/mol. The van der Waals surface area contributed by atoms with Crippen molar-refractivity contribution in [1.82, 2.24) is 9.21 Å². The number of benzene rings is 2. The molecule has 1 amide bonds. The molecule has 4 rings (SSSR count). The Morgan fingerprint density at radius 1 is 1.13 bits per heavy atom. The lowest BCUT2D eigenvalue weighted by atomic mass is 9.93. The summed E-state index contributed by atoms with van der Waals surface area (Å²) in [6, 6.07) is 18.8. The minimum absolute atomic E-state index is 0.0300. The minimum Gasteiger partial charge on any atom is -0.325 e. The van der Waals surface area contributed by atoms with Gasteiger partial charge in [-0.25, -0.2) is 12.7 Å². The maximum Gasteiger partial charge on any atom is 0.242 e. The van der Waals surface area contributed by atoms with Gasteiger partial charge in [0.1, 0.15) is 0 Å². The van der Waals surface area contributed by atoms with E-state index in [1.54, 1.807) is 23.5 Å². The van der Waals surface area contributed by atoms with Crippen LogP contribution in [0.4, 0.5) is 5.69 Å². The quantitative estimate of drug-likeness (QED) is 0.617. The van der Waals surface area contributed by atoms with Crippen molar-refractivity contribution in [3.05, 3.63) is 82.0 Å². The third kappa shape index (κ3) is 4.57. The van der Waals surface area contributed by atoms with E-state index in [1.807, 2.05) is 18.2 Å². The number of rotatable bonds is 6.